The van der Waals surface area contributed by atoms with Crippen LogP contribution in [0.5, 0.6) is 0 Å². The van der Waals surface area contributed by atoms with Gasteiger partial charge in [-0.15, -0.1) is 0 Å². The lowest BCUT2D eigenvalue weighted by Gasteiger charge is -2.11. The summed E-state index contributed by atoms with van der Waals surface area (Å²) >= 11 is 0. The topological polar surface area (TPSA) is 46.4 Å². The third kappa shape index (κ3) is 3.16. The number of benzene rings is 1. The fourth-order valence-electron chi connectivity index (χ4n) is 3.78. The maximum Gasteiger partial charge on any atom is 0.225 e. The minimum Gasteiger partial charge on any atom is -0.310 e. The Kier molecular flexibility index (Phi) is 4.26. The largest absolute Gasteiger partial charge is 0.310 e. The predicted molar refractivity (Wildman–Crippen MR) is 101 cm³/mol. The summed E-state index contributed by atoms with van der Waals surface area (Å²) in [7, 11) is 0. The Labute approximate surface area is 147 Å². The van der Waals surface area contributed by atoms with Crippen molar-refractivity contribution in [1.82, 2.24) is 9.38 Å². The van der Waals surface area contributed by atoms with Crippen LogP contribution in [-0.4, -0.2) is 15.3 Å². The van der Waals surface area contributed by atoms with Crippen LogP contribution in [0.3, 0.4) is 0 Å². The normalized spacial score (nSPS) is 14.9. The number of hydrogen-bond donors (Lipinski definition) is 1. The SMILES string of the molecule is Cc1cccn2c(NC(=O)CC3CCCC3)c(-c3ccccc3)nc12. The van der Waals surface area contributed by atoms with Crippen molar-refractivity contribution < 1.29 is 4.79 Å². The van der Waals surface area contributed by atoms with Crippen molar-refractivity contribution in [2.75, 3.05) is 5.32 Å². The van der Waals surface area contributed by atoms with E-state index in [0.29, 0.717) is 12.3 Å². The molecule has 1 fully saturated rings. The molecule has 1 aliphatic carbocycles. The van der Waals surface area contributed by atoms with Gasteiger partial charge in [0.2, 0.25) is 5.91 Å². The van der Waals surface area contributed by atoms with Crippen molar-refractivity contribution in [1.29, 1.82) is 0 Å². The Balaban J connectivity index is 1.72. The zero-order valence-corrected chi connectivity index (χ0v) is 14.5. The molecule has 1 amide bonds. The van der Waals surface area contributed by atoms with Crippen LogP contribution in [0.15, 0.2) is 48.7 Å². The van der Waals surface area contributed by atoms with E-state index in [1.807, 2.05) is 60.0 Å². The minimum absolute atomic E-state index is 0.0902. The second-order valence-corrected chi connectivity index (χ2v) is 6.96. The van der Waals surface area contributed by atoms with Crippen LogP contribution in [0, 0.1) is 12.8 Å². The van der Waals surface area contributed by atoms with Crippen LogP contribution in [0.25, 0.3) is 16.9 Å². The molecule has 1 aliphatic rings. The minimum atomic E-state index is 0.0902. The summed E-state index contributed by atoms with van der Waals surface area (Å²) in [4.78, 5) is 17.4. The molecule has 0 aliphatic heterocycles. The Bertz CT molecular complexity index is 892. The number of fused-ring (bicyclic) bond motifs is 1. The molecule has 0 bridgehead atoms. The fourth-order valence-corrected chi connectivity index (χ4v) is 3.78. The molecule has 2 aromatic heterocycles. The molecule has 1 N–H and O–H groups in total. The summed E-state index contributed by atoms with van der Waals surface area (Å²) in [5, 5.41) is 3.15. The molecule has 0 radical (unpaired) electrons. The second kappa shape index (κ2) is 6.71. The number of imidazole rings is 1. The van der Waals surface area contributed by atoms with Crippen LogP contribution >= 0.6 is 0 Å². The van der Waals surface area contributed by atoms with E-state index >= 15 is 0 Å². The molecule has 0 atom stereocenters. The molecule has 0 unspecified atom stereocenters. The molecular formula is C21H23N3O. The van der Waals surface area contributed by atoms with Gasteiger partial charge in [0.15, 0.2) is 0 Å². The van der Waals surface area contributed by atoms with Gasteiger partial charge in [0.1, 0.15) is 17.2 Å². The molecule has 1 aromatic carbocycles. The third-order valence-electron chi connectivity index (χ3n) is 5.10. The van der Waals surface area contributed by atoms with E-state index in [2.05, 4.69) is 5.32 Å². The standard InChI is InChI=1S/C21H23N3O/c1-15-8-7-13-24-20(15)23-19(17-11-3-2-4-12-17)21(24)22-18(25)14-16-9-5-6-10-16/h2-4,7-8,11-13,16H,5-6,9-10,14H2,1H3,(H,22,25). The number of hydrogen-bond acceptors (Lipinski definition) is 2. The molecule has 0 saturated heterocycles. The monoisotopic (exact) mass is 333 g/mol. The van der Waals surface area contributed by atoms with Crippen molar-refractivity contribution in [2.24, 2.45) is 5.92 Å². The van der Waals surface area contributed by atoms with Crippen molar-refractivity contribution in [3.63, 3.8) is 0 Å². The maximum atomic E-state index is 12.6. The maximum absolute atomic E-state index is 12.6. The summed E-state index contributed by atoms with van der Waals surface area (Å²) in [6.07, 6.45) is 7.42. The molecule has 3 aromatic rings. The van der Waals surface area contributed by atoms with Gasteiger partial charge in [-0.2, -0.15) is 0 Å². The quantitative estimate of drug-likeness (QED) is 0.743. The zero-order chi connectivity index (χ0) is 17.2. The lowest BCUT2D eigenvalue weighted by atomic mass is 10.0. The molecule has 0 spiro atoms. The molecule has 4 nitrogen and oxygen atoms in total. The summed E-state index contributed by atoms with van der Waals surface area (Å²) in [6, 6.07) is 14.1. The van der Waals surface area contributed by atoms with E-state index in [1.165, 1.54) is 25.7 Å². The average molecular weight is 333 g/mol. The molecule has 1 saturated carbocycles. The van der Waals surface area contributed by atoms with Crippen LogP contribution < -0.4 is 5.32 Å². The van der Waals surface area contributed by atoms with Crippen molar-refractivity contribution in [3.8, 4) is 11.3 Å². The molecular weight excluding hydrogens is 310 g/mol. The number of aromatic nitrogens is 2. The number of nitrogens with zero attached hydrogens (tertiary/aromatic N) is 2. The zero-order valence-electron chi connectivity index (χ0n) is 14.5. The van der Waals surface area contributed by atoms with Crippen molar-refractivity contribution in [2.45, 2.75) is 39.0 Å². The van der Waals surface area contributed by atoms with Crippen LogP contribution in [0.4, 0.5) is 5.82 Å². The number of aryl methyl sites for hydroxylation is 1. The highest BCUT2D eigenvalue weighted by Crippen LogP contribution is 2.31. The number of rotatable bonds is 4. The highest BCUT2D eigenvalue weighted by molar-refractivity contribution is 5.94. The van der Waals surface area contributed by atoms with Crippen LogP contribution in [0.1, 0.15) is 37.7 Å². The number of amides is 1. The highest BCUT2D eigenvalue weighted by atomic mass is 16.1. The van der Waals surface area contributed by atoms with E-state index in [9.17, 15) is 4.79 Å². The van der Waals surface area contributed by atoms with Crippen LogP contribution in [-0.2, 0) is 4.79 Å². The number of pyridine rings is 1. The molecule has 4 rings (SSSR count). The van der Waals surface area contributed by atoms with Crippen LogP contribution in [0.2, 0.25) is 0 Å². The van der Waals surface area contributed by atoms with E-state index in [0.717, 1.165) is 28.3 Å². The van der Waals surface area contributed by atoms with Crippen molar-refractivity contribution in [3.05, 3.63) is 54.2 Å². The Morgan fingerprint density at radius 3 is 2.68 bits per heavy atom. The first-order valence-corrected chi connectivity index (χ1v) is 9.05. The Hall–Kier alpha value is -2.62. The number of nitrogens with one attached hydrogen (secondary N) is 1. The van der Waals surface area contributed by atoms with Gasteiger partial charge in [-0.3, -0.25) is 9.20 Å². The van der Waals surface area contributed by atoms with Gasteiger partial charge in [-0.05, 0) is 37.3 Å². The molecule has 4 heteroatoms. The van der Waals surface area contributed by atoms with Crippen molar-refractivity contribution >= 4 is 17.4 Å². The van der Waals surface area contributed by atoms with Gasteiger partial charge in [0.05, 0.1) is 0 Å². The second-order valence-electron chi connectivity index (χ2n) is 6.96. The highest BCUT2D eigenvalue weighted by Gasteiger charge is 2.21. The first-order chi connectivity index (χ1) is 12.2. The van der Waals surface area contributed by atoms with Gasteiger partial charge < -0.3 is 5.32 Å². The summed E-state index contributed by atoms with van der Waals surface area (Å²) < 4.78 is 1.99. The van der Waals surface area contributed by atoms with Gasteiger partial charge >= 0.3 is 0 Å². The van der Waals surface area contributed by atoms with Gasteiger partial charge in [0.25, 0.3) is 0 Å². The van der Waals surface area contributed by atoms with Gasteiger partial charge in [-0.25, -0.2) is 4.98 Å². The van der Waals surface area contributed by atoms with E-state index in [1.54, 1.807) is 0 Å². The fraction of sp³-hybridized carbons (Fsp3) is 0.333. The molecule has 2 heterocycles. The number of carbonyl (C=O) groups is 1. The third-order valence-corrected chi connectivity index (χ3v) is 5.10. The van der Waals surface area contributed by atoms with Gasteiger partial charge in [0, 0.05) is 18.2 Å². The number of anilines is 1. The summed E-state index contributed by atoms with van der Waals surface area (Å²) in [5.41, 5.74) is 3.82. The summed E-state index contributed by atoms with van der Waals surface area (Å²) in [6.45, 7) is 2.04. The lowest BCUT2D eigenvalue weighted by Crippen LogP contribution is -2.16. The number of carbonyl (C=O) groups excluding carboxylic acids is 1. The van der Waals surface area contributed by atoms with E-state index < -0.39 is 0 Å². The lowest BCUT2D eigenvalue weighted by molar-refractivity contribution is -0.117. The Morgan fingerprint density at radius 2 is 1.92 bits per heavy atom. The first kappa shape index (κ1) is 15.9. The van der Waals surface area contributed by atoms with Gasteiger partial charge in [-0.1, -0.05) is 49.2 Å². The Morgan fingerprint density at radius 1 is 1.16 bits per heavy atom. The van der Waals surface area contributed by atoms with E-state index in [-0.39, 0.29) is 5.91 Å². The van der Waals surface area contributed by atoms with E-state index in [4.69, 9.17) is 4.98 Å². The molecule has 128 valence electrons. The first-order valence-electron chi connectivity index (χ1n) is 9.05. The predicted octanol–water partition coefficient (Wildman–Crippen LogP) is 4.83. The average Bonchev–Trinajstić information content (AvgIpc) is 3.25. The smallest absolute Gasteiger partial charge is 0.225 e. The summed E-state index contributed by atoms with van der Waals surface area (Å²) in [5.74, 6) is 1.39. The molecule has 25 heavy (non-hydrogen) atoms.